The third-order valence-electron chi connectivity index (χ3n) is 5.74. The van der Waals surface area contributed by atoms with Gasteiger partial charge in [0.1, 0.15) is 21.9 Å². The maximum atomic E-state index is 14.5. The Balaban J connectivity index is 0.00000289. The van der Waals surface area contributed by atoms with Crippen LogP contribution in [0, 0.1) is 11.6 Å². The number of nitrogens with zero attached hydrogens (tertiary/aromatic N) is 5. The van der Waals surface area contributed by atoms with Crippen LogP contribution < -0.4 is 5.32 Å². The van der Waals surface area contributed by atoms with Crippen molar-refractivity contribution in [3.05, 3.63) is 72.8 Å². The van der Waals surface area contributed by atoms with E-state index in [0.717, 1.165) is 6.20 Å². The molecule has 0 spiro atoms. The van der Waals surface area contributed by atoms with Gasteiger partial charge >= 0.3 is 0 Å². The number of aromatic nitrogens is 4. The Labute approximate surface area is 206 Å². The first-order chi connectivity index (χ1) is 16.4. The third-order valence-corrected chi connectivity index (χ3v) is 7.62. The van der Waals surface area contributed by atoms with Crippen LogP contribution in [0.15, 0.2) is 66.1 Å². The number of halogens is 3. The summed E-state index contributed by atoms with van der Waals surface area (Å²) in [5.74, 6) is -1.05. The van der Waals surface area contributed by atoms with Gasteiger partial charge in [-0.2, -0.15) is 4.31 Å². The minimum absolute atomic E-state index is 0. The predicted octanol–water partition coefficient (Wildman–Crippen LogP) is 4.05. The number of anilines is 1. The second-order valence-electron chi connectivity index (χ2n) is 7.93. The fourth-order valence-corrected chi connectivity index (χ4v) is 5.43. The number of benzene rings is 1. The van der Waals surface area contributed by atoms with Crippen molar-refractivity contribution in [2.75, 3.05) is 18.4 Å². The molecule has 0 unspecified atom stereocenters. The molecule has 0 atom stereocenters. The van der Waals surface area contributed by atoms with Crippen molar-refractivity contribution in [1.82, 2.24) is 24.2 Å². The van der Waals surface area contributed by atoms with E-state index in [1.165, 1.54) is 35.0 Å². The van der Waals surface area contributed by atoms with Crippen LogP contribution in [0.2, 0.25) is 0 Å². The fourth-order valence-electron chi connectivity index (χ4n) is 4.00. The minimum atomic E-state index is -3.61. The third kappa shape index (κ3) is 5.07. The number of piperidine rings is 1. The molecule has 1 fully saturated rings. The lowest BCUT2D eigenvalue weighted by molar-refractivity contribution is 0.329. The van der Waals surface area contributed by atoms with Crippen LogP contribution in [0.3, 0.4) is 0 Å². The summed E-state index contributed by atoms with van der Waals surface area (Å²) in [5.41, 5.74) is 0.448. The average Bonchev–Trinajstić information content (AvgIpc) is 2.86. The number of fused-ring (bicyclic) bond motifs is 1. The quantitative estimate of drug-likeness (QED) is 0.425. The van der Waals surface area contributed by atoms with Crippen molar-refractivity contribution in [2.24, 2.45) is 0 Å². The maximum Gasteiger partial charge on any atom is 0.244 e. The summed E-state index contributed by atoms with van der Waals surface area (Å²) >= 11 is 0. The van der Waals surface area contributed by atoms with E-state index in [1.54, 1.807) is 24.3 Å². The van der Waals surface area contributed by atoms with Gasteiger partial charge in [0.25, 0.3) is 0 Å². The molecule has 0 bridgehead atoms. The molecule has 8 nitrogen and oxygen atoms in total. The highest BCUT2D eigenvalue weighted by atomic mass is 35.5. The molecule has 1 aromatic carbocycles. The zero-order valence-corrected chi connectivity index (χ0v) is 19.9. The van der Waals surface area contributed by atoms with E-state index in [2.05, 4.69) is 25.3 Å². The smallest absolute Gasteiger partial charge is 0.244 e. The van der Waals surface area contributed by atoms with E-state index in [-0.39, 0.29) is 46.1 Å². The highest BCUT2D eigenvalue weighted by Gasteiger charge is 2.30. The summed E-state index contributed by atoms with van der Waals surface area (Å²) in [7, 11) is -3.61. The Hall–Kier alpha value is -3.28. The summed E-state index contributed by atoms with van der Waals surface area (Å²) in [6.45, 7) is 0.623. The van der Waals surface area contributed by atoms with Gasteiger partial charge in [-0.05, 0) is 43.2 Å². The molecule has 1 aliphatic rings. The normalized spacial score (nSPS) is 15.0. The van der Waals surface area contributed by atoms with Gasteiger partial charge in [-0.1, -0.05) is 6.07 Å². The van der Waals surface area contributed by atoms with Gasteiger partial charge in [-0.15, -0.1) is 12.4 Å². The van der Waals surface area contributed by atoms with E-state index in [1.807, 2.05) is 0 Å². The number of sulfonamides is 1. The summed E-state index contributed by atoms with van der Waals surface area (Å²) < 4.78 is 56.0. The molecular formula is C23H21ClF2N6O2S. The van der Waals surface area contributed by atoms with Crippen molar-refractivity contribution < 1.29 is 17.2 Å². The summed E-state index contributed by atoms with van der Waals surface area (Å²) in [4.78, 5) is 16.3. The molecule has 0 saturated carbocycles. The Bertz CT molecular complexity index is 1450. The molecule has 1 saturated heterocycles. The van der Waals surface area contributed by atoms with Gasteiger partial charge in [0, 0.05) is 48.7 Å². The van der Waals surface area contributed by atoms with Crippen molar-refractivity contribution in [2.45, 2.75) is 23.8 Å². The molecule has 0 aliphatic carbocycles. The molecule has 0 radical (unpaired) electrons. The summed E-state index contributed by atoms with van der Waals surface area (Å²) in [5, 5.41) is 3.69. The van der Waals surface area contributed by atoms with Crippen LogP contribution in [0.1, 0.15) is 12.8 Å². The predicted molar refractivity (Wildman–Crippen MR) is 130 cm³/mol. The molecule has 1 N–H and O–H groups in total. The number of pyridine rings is 2. The number of rotatable bonds is 5. The summed E-state index contributed by atoms with van der Waals surface area (Å²) in [6, 6.07) is 9.20. The highest BCUT2D eigenvalue weighted by Crippen LogP contribution is 2.28. The molecule has 182 valence electrons. The van der Waals surface area contributed by atoms with Crippen LogP contribution in [0.5, 0.6) is 0 Å². The first kappa shape index (κ1) is 24.8. The van der Waals surface area contributed by atoms with Crippen LogP contribution >= 0.6 is 12.4 Å². The van der Waals surface area contributed by atoms with Crippen molar-refractivity contribution in [3.63, 3.8) is 0 Å². The van der Waals surface area contributed by atoms with E-state index in [0.29, 0.717) is 31.3 Å². The van der Waals surface area contributed by atoms with E-state index >= 15 is 0 Å². The zero-order chi connectivity index (χ0) is 23.7. The molecule has 4 aromatic rings. The van der Waals surface area contributed by atoms with Gasteiger partial charge in [0.15, 0.2) is 5.82 Å². The zero-order valence-electron chi connectivity index (χ0n) is 18.3. The Morgan fingerprint density at radius 2 is 1.74 bits per heavy atom. The van der Waals surface area contributed by atoms with Crippen LogP contribution in [-0.4, -0.2) is 51.8 Å². The van der Waals surface area contributed by atoms with Crippen molar-refractivity contribution in [3.8, 4) is 11.3 Å². The molecule has 5 rings (SSSR count). The standard InChI is InChI=1S/C23H20F2N6O2S.ClH/c24-19-12-16(11-15-3-1-8-27-21(15)19)22-20(25)14-28-23(30-22)29-17-5-9-31(10-6-17)34(32,33)18-4-2-7-26-13-18;/h1-4,7-8,11-14,17H,5-6,9-10H2,(H,28,29,30);1H. The molecular weight excluding hydrogens is 498 g/mol. The fraction of sp³-hybridized carbons (Fsp3) is 0.217. The Morgan fingerprint density at radius 3 is 2.49 bits per heavy atom. The van der Waals surface area contributed by atoms with E-state index in [4.69, 9.17) is 0 Å². The van der Waals surface area contributed by atoms with Gasteiger partial charge in [-0.25, -0.2) is 27.2 Å². The van der Waals surface area contributed by atoms with Crippen molar-refractivity contribution >= 4 is 39.3 Å². The largest absolute Gasteiger partial charge is 0.351 e. The number of hydrogen-bond donors (Lipinski definition) is 1. The summed E-state index contributed by atoms with van der Waals surface area (Å²) in [6.07, 6.45) is 6.43. The molecule has 1 aliphatic heterocycles. The monoisotopic (exact) mass is 518 g/mol. The topological polar surface area (TPSA) is 101 Å². The van der Waals surface area contributed by atoms with E-state index < -0.39 is 21.7 Å². The van der Waals surface area contributed by atoms with Crippen LogP contribution in [0.4, 0.5) is 14.7 Å². The second kappa shape index (κ2) is 10.1. The SMILES string of the molecule is Cl.O=S(=O)(c1cccnc1)N1CCC(Nc2ncc(F)c(-c3cc(F)c4ncccc4c3)n2)CC1. The lowest BCUT2D eigenvalue weighted by atomic mass is 10.1. The molecule has 3 aromatic heterocycles. The molecule has 35 heavy (non-hydrogen) atoms. The minimum Gasteiger partial charge on any atom is -0.351 e. The van der Waals surface area contributed by atoms with Crippen molar-refractivity contribution in [1.29, 1.82) is 0 Å². The highest BCUT2D eigenvalue weighted by molar-refractivity contribution is 7.89. The molecule has 0 amide bonds. The van der Waals surface area contributed by atoms with E-state index in [9.17, 15) is 17.2 Å². The Kier molecular flexibility index (Phi) is 7.20. The van der Waals surface area contributed by atoms with Gasteiger partial charge in [0.2, 0.25) is 16.0 Å². The average molecular weight is 519 g/mol. The van der Waals surface area contributed by atoms with Crippen LogP contribution in [0.25, 0.3) is 22.2 Å². The molecule has 12 heteroatoms. The lowest BCUT2D eigenvalue weighted by Gasteiger charge is -2.31. The lowest BCUT2D eigenvalue weighted by Crippen LogP contribution is -2.42. The van der Waals surface area contributed by atoms with Gasteiger partial charge < -0.3 is 5.32 Å². The number of nitrogens with one attached hydrogen (secondary N) is 1. The van der Waals surface area contributed by atoms with Gasteiger partial charge in [0.05, 0.1) is 6.20 Å². The van der Waals surface area contributed by atoms with Crippen LogP contribution in [-0.2, 0) is 10.0 Å². The first-order valence-electron chi connectivity index (χ1n) is 10.7. The number of hydrogen-bond acceptors (Lipinski definition) is 7. The first-order valence-corrected chi connectivity index (χ1v) is 12.1. The second-order valence-corrected chi connectivity index (χ2v) is 9.87. The Morgan fingerprint density at radius 1 is 0.971 bits per heavy atom. The molecule has 4 heterocycles. The maximum absolute atomic E-state index is 14.5. The van der Waals surface area contributed by atoms with Gasteiger partial charge in [-0.3, -0.25) is 9.97 Å².